The number of ether oxygens (including phenoxy) is 1. The molecule has 0 unspecified atom stereocenters. The largest absolute Gasteiger partial charge is 0.489 e. The third kappa shape index (κ3) is 4.90. The molecule has 7 heteroatoms. The molecule has 0 atom stereocenters. The van der Waals surface area contributed by atoms with Crippen LogP contribution in [0.5, 0.6) is 5.75 Å². The lowest BCUT2D eigenvalue weighted by Gasteiger charge is -2.10. The van der Waals surface area contributed by atoms with Gasteiger partial charge >= 0.3 is 0 Å². The molecular weight excluding hydrogens is 392 g/mol. The fraction of sp³-hybridized carbons (Fsp3) is 0.125. The van der Waals surface area contributed by atoms with Crippen molar-refractivity contribution >= 4 is 22.8 Å². The molecule has 0 bridgehead atoms. The topological polar surface area (TPSA) is 85.2 Å². The number of hydrogen-bond acceptors (Lipinski definition) is 4. The lowest BCUT2D eigenvalue weighted by atomic mass is 10.2. The fourth-order valence-corrected chi connectivity index (χ4v) is 3.21. The lowest BCUT2D eigenvalue weighted by molar-refractivity contribution is -0.121. The number of aromatic nitrogens is 2. The molecule has 0 saturated heterocycles. The number of nitrogens with zero attached hydrogens (tertiary/aromatic N) is 2. The number of para-hydroxylation sites is 2. The van der Waals surface area contributed by atoms with E-state index in [-0.39, 0.29) is 12.3 Å². The first-order valence-electron chi connectivity index (χ1n) is 9.86. The number of hydrazine groups is 1. The molecular formula is C24H22N4O3. The van der Waals surface area contributed by atoms with Crippen LogP contribution in [-0.4, -0.2) is 21.4 Å². The summed E-state index contributed by atoms with van der Waals surface area (Å²) in [6.07, 6.45) is 0.0473. The number of hydrogen-bond donors (Lipinski definition) is 2. The van der Waals surface area contributed by atoms with Gasteiger partial charge in [0.1, 0.15) is 18.2 Å². The van der Waals surface area contributed by atoms with Crippen molar-refractivity contribution in [1.29, 1.82) is 0 Å². The van der Waals surface area contributed by atoms with Gasteiger partial charge in [-0.1, -0.05) is 48.5 Å². The SMILES string of the molecule is Cn1c(CC(=O)NNC(=O)c2cccc(OCc3ccccc3)c2)nc2ccccc21. The average Bonchev–Trinajstić information content (AvgIpc) is 3.12. The minimum atomic E-state index is -0.427. The van der Waals surface area contributed by atoms with Gasteiger partial charge in [0.2, 0.25) is 5.91 Å². The minimum absolute atomic E-state index is 0.0473. The fourth-order valence-electron chi connectivity index (χ4n) is 3.21. The van der Waals surface area contributed by atoms with E-state index in [0.717, 1.165) is 16.6 Å². The van der Waals surface area contributed by atoms with Gasteiger partial charge in [-0.05, 0) is 35.9 Å². The van der Waals surface area contributed by atoms with Gasteiger partial charge < -0.3 is 9.30 Å². The number of aryl methyl sites for hydroxylation is 1. The monoisotopic (exact) mass is 414 g/mol. The summed E-state index contributed by atoms with van der Waals surface area (Å²) in [5.41, 5.74) is 8.07. The maximum atomic E-state index is 12.4. The molecule has 4 aromatic rings. The van der Waals surface area contributed by atoms with Gasteiger partial charge in [-0.25, -0.2) is 4.98 Å². The Kier molecular flexibility index (Phi) is 5.93. The Labute approximate surface area is 179 Å². The van der Waals surface area contributed by atoms with E-state index >= 15 is 0 Å². The third-order valence-electron chi connectivity index (χ3n) is 4.86. The number of fused-ring (bicyclic) bond motifs is 1. The molecule has 0 saturated carbocycles. The van der Waals surface area contributed by atoms with E-state index in [4.69, 9.17) is 4.74 Å². The second kappa shape index (κ2) is 9.13. The first kappa shape index (κ1) is 20.2. The number of carbonyl (C=O) groups excluding carboxylic acids is 2. The van der Waals surface area contributed by atoms with Crippen LogP contribution < -0.4 is 15.6 Å². The van der Waals surface area contributed by atoms with Crippen molar-refractivity contribution in [1.82, 2.24) is 20.4 Å². The number of nitrogens with one attached hydrogen (secondary N) is 2. The molecule has 0 aliphatic heterocycles. The summed E-state index contributed by atoms with van der Waals surface area (Å²) in [6.45, 7) is 0.403. The Balaban J connectivity index is 1.32. The van der Waals surface area contributed by atoms with E-state index in [1.54, 1.807) is 24.3 Å². The molecule has 1 heterocycles. The highest BCUT2D eigenvalue weighted by atomic mass is 16.5. The zero-order valence-corrected chi connectivity index (χ0v) is 17.0. The summed E-state index contributed by atoms with van der Waals surface area (Å²) in [4.78, 5) is 29.2. The Bertz CT molecular complexity index is 1220. The first-order chi connectivity index (χ1) is 15.1. The van der Waals surface area contributed by atoms with Gasteiger partial charge in [-0.2, -0.15) is 0 Å². The molecule has 31 heavy (non-hydrogen) atoms. The standard InChI is InChI=1S/C24H22N4O3/c1-28-21-13-6-5-12-20(21)25-22(28)15-23(29)26-27-24(30)18-10-7-11-19(14-18)31-16-17-8-3-2-4-9-17/h2-14H,15-16H2,1H3,(H,26,29)(H,27,30). The van der Waals surface area contributed by atoms with Gasteiger partial charge in [0.25, 0.3) is 5.91 Å². The van der Waals surface area contributed by atoms with Gasteiger partial charge in [-0.3, -0.25) is 20.4 Å². The van der Waals surface area contributed by atoms with Crippen molar-refractivity contribution in [3.63, 3.8) is 0 Å². The highest BCUT2D eigenvalue weighted by Crippen LogP contribution is 2.16. The summed E-state index contributed by atoms with van der Waals surface area (Å²) < 4.78 is 7.62. The first-order valence-corrected chi connectivity index (χ1v) is 9.86. The third-order valence-corrected chi connectivity index (χ3v) is 4.86. The molecule has 0 fully saturated rings. The summed E-state index contributed by atoms with van der Waals surface area (Å²) in [6, 6.07) is 24.2. The number of imidazole rings is 1. The normalized spacial score (nSPS) is 10.6. The highest BCUT2D eigenvalue weighted by Gasteiger charge is 2.13. The Morgan fingerprint density at radius 1 is 0.935 bits per heavy atom. The molecule has 7 nitrogen and oxygen atoms in total. The zero-order valence-electron chi connectivity index (χ0n) is 17.0. The van der Waals surface area contributed by atoms with Gasteiger partial charge in [0, 0.05) is 12.6 Å². The molecule has 4 rings (SSSR count). The van der Waals surface area contributed by atoms with E-state index in [0.29, 0.717) is 23.7 Å². The van der Waals surface area contributed by atoms with Crippen molar-refractivity contribution < 1.29 is 14.3 Å². The van der Waals surface area contributed by atoms with Crippen molar-refractivity contribution in [2.24, 2.45) is 7.05 Å². The molecule has 2 N–H and O–H groups in total. The average molecular weight is 414 g/mol. The van der Waals surface area contributed by atoms with E-state index in [1.165, 1.54) is 0 Å². The van der Waals surface area contributed by atoms with Crippen LogP contribution in [0.4, 0.5) is 0 Å². The summed E-state index contributed by atoms with van der Waals surface area (Å²) in [5.74, 6) is 0.401. The van der Waals surface area contributed by atoms with Crippen LogP contribution >= 0.6 is 0 Å². The minimum Gasteiger partial charge on any atom is -0.489 e. The molecule has 0 radical (unpaired) electrons. The van der Waals surface area contributed by atoms with E-state index in [9.17, 15) is 9.59 Å². The van der Waals surface area contributed by atoms with Crippen LogP contribution in [-0.2, 0) is 24.9 Å². The molecule has 1 aromatic heterocycles. The number of carbonyl (C=O) groups is 2. The Hall–Kier alpha value is -4.13. The lowest BCUT2D eigenvalue weighted by Crippen LogP contribution is -2.42. The predicted octanol–water partition coefficient (Wildman–Crippen LogP) is 3.16. The van der Waals surface area contributed by atoms with Gasteiger partial charge in [0.15, 0.2) is 0 Å². The Morgan fingerprint density at radius 2 is 1.71 bits per heavy atom. The van der Waals surface area contributed by atoms with Crippen molar-refractivity contribution in [3.05, 3.63) is 95.8 Å². The molecule has 156 valence electrons. The van der Waals surface area contributed by atoms with Crippen molar-refractivity contribution in [2.45, 2.75) is 13.0 Å². The van der Waals surface area contributed by atoms with Gasteiger partial charge in [0.05, 0.1) is 17.5 Å². The quantitative estimate of drug-likeness (QED) is 0.475. The van der Waals surface area contributed by atoms with Crippen LogP contribution in [0.2, 0.25) is 0 Å². The number of amides is 2. The Morgan fingerprint density at radius 3 is 2.52 bits per heavy atom. The summed E-state index contributed by atoms with van der Waals surface area (Å²) >= 11 is 0. The molecule has 0 aliphatic rings. The molecule has 2 amide bonds. The number of benzene rings is 3. The molecule has 0 spiro atoms. The van der Waals surface area contributed by atoms with E-state index < -0.39 is 5.91 Å². The summed E-state index contributed by atoms with van der Waals surface area (Å²) in [5, 5.41) is 0. The van der Waals surface area contributed by atoms with Crippen LogP contribution in [0.25, 0.3) is 11.0 Å². The van der Waals surface area contributed by atoms with Crippen LogP contribution in [0.15, 0.2) is 78.9 Å². The second-order valence-corrected chi connectivity index (χ2v) is 7.06. The zero-order chi connectivity index (χ0) is 21.6. The second-order valence-electron chi connectivity index (χ2n) is 7.06. The van der Waals surface area contributed by atoms with Crippen LogP contribution in [0, 0.1) is 0 Å². The molecule has 0 aliphatic carbocycles. The molecule has 3 aromatic carbocycles. The van der Waals surface area contributed by atoms with Crippen molar-refractivity contribution in [2.75, 3.05) is 0 Å². The number of rotatable bonds is 6. The summed E-state index contributed by atoms with van der Waals surface area (Å²) in [7, 11) is 1.86. The van der Waals surface area contributed by atoms with Crippen LogP contribution in [0.1, 0.15) is 21.7 Å². The van der Waals surface area contributed by atoms with Gasteiger partial charge in [-0.15, -0.1) is 0 Å². The van der Waals surface area contributed by atoms with Crippen LogP contribution in [0.3, 0.4) is 0 Å². The predicted molar refractivity (Wildman–Crippen MR) is 117 cm³/mol. The van der Waals surface area contributed by atoms with E-state index in [1.807, 2.05) is 66.2 Å². The van der Waals surface area contributed by atoms with Crippen molar-refractivity contribution in [3.8, 4) is 5.75 Å². The smallest absolute Gasteiger partial charge is 0.269 e. The van der Waals surface area contributed by atoms with E-state index in [2.05, 4.69) is 15.8 Å². The maximum Gasteiger partial charge on any atom is 0.269 e. The maximum absolute atomic E-state index is 12.4. The highest BCUT2D eigenvalue weighted by molar-refractivity contribution is 5.95.